The van der Waals surface area contributed by atoms with Crippen LogP contribution in [0.25, 0.3) is 22.2 Å². The molecule has 2 heterocycles. The van der Waals surface area contributed by atoms with Crippen molar-refractivity contribution in [2.45, 2.75) is 19.9 Å². The molecule has 0 saturated carbocycles. The minimum absolute atomic E-state index is 0.808. The summed E-state index contributed by atoms with van der Waals surface area (Å²) in [5.41, 5.74) is 4.32. The number of thiazole rings is 1. The fraction of sp³-hybridized carbons (Fsp3) is 0.227. The minimum atomic E-state index is -4.41. The van der Waals surface area contributed by atoms with E-state index in [4.69, 9.17) is 5.11 Å². The van der Waals surface area contributed by atoms with Gasteiger partial charge in [0, 0.05) is 23.4 Å². The van der Waals surface area contributed by atoms with E-state index in [-0.39, 0.29) is 0 Å². The predicted molar refractivity (Wildman–Crippen MR) is 124 cm³/mol. The van der Waals surface area contributed by atoms with E-state index in [0.717, 1.165) is 53.1 Å². The molecule has 8 nitrogen and oxygen atoms in total. The number of hydrogen-bond donors (Lipinski definition) is 0. The van der Waals surface area contributed by atoms with Crippen molar-refractivity contribution in [1.29, 1.82) is 0 Å². The third-order valence-corrected chi connectivity index (χ3v) is 5.88. The van der Waals surface area contributed by atoms with E-state index in [1.807, 2.05) is 6.07 Å². The molecule has 0 atom stereocenters. The van der Waals surface area contributed by atoms with Crippen LogP contribution in [0.3, 0.4) is 0 Å². The summed E-state index contributed by atoms with van der Waals surface area (Å²) in [5, 5.41) is 13.4. The highest BCUT2D eigenvalue weighted by Gasteiger charge is 2.19. The number of para-hydroxylation sites is 1. The molecular formula is C22H24N4O4S2. The van der Waals surface area contributed by atoms with Crippen molar-refractivity contribution in [1.82, 2.24) is 4.57 Å². The van der Waals surface area contributed by atoms with E-state index < -0.39 is 10.4 Å². The first-order chi connectivity index (χ1) is 15.4. The van der Waals surface area contributed by atoms with E-state index in [1.54, 1.807) is 11.3 Å². The monoisotopic (exact) mass is 472 g/mol. The van der Waals surface area contributed by atoms with Crippen LogP contribution in [-0.4, -0.2) is 24.6 Å². The Balaban J connectivity index is 0.000000427. The van der Waals surface area contributed by atoms with Crippen LogP contribution < -0.4 is 4.57 Å². The second-order valence-electron chi connectivity index (χ2n) is 6.79. The van der Waals surface area contributed by atoms with E-state index >= 15 is 0 Å². The maximum absolute atomic E-state index is 9.22. The average Bonchev–Trinajstić information content (AvgIpc) is 3.35. The summed E-state index contributed by atoms with van der Waals surface area (Å²) in [6.45, 7) is 3.13. The highest BCUT2D eigenvalue weighted by Crippen LogP contribution is 2.40. The number of azo groups is 1. The fourth-order valence-corrected chi connectivity index (χ4v) is 3.99. The fourth-order valence-electron chi connectivity index (χ4n) is 3.28. The second-order valence-corrected chi connectivity index (χ2v) is 8.82. The summed E-state index contributed by atoms with van der Waals surface area (Å²) in [6, 6.07) is 18.8. The van der Waals surface area contributed by atoms with Gasteiger partial charge in [0.15, 0.2) is 0 Å². The third kappa shape index (κ3) is 5.65. The van der Waals surface area contributed by atoms with Crippen molar-refractivity contribution in [2.24, 2.45) is 17.3 Å². The smallest absolute Gasteiger partial charge is 0.408 e. The van der Waals surface area contributed by atoms with E-state index in [9.17, 15) is 13.0 Å². The molecule has 168 valence electrons. The molecule has 0 radical (unpaired) electrons. The van der Waals surface area contributed by atoms with Crippen LogP contribution in [0.4, 0.5) is 10.8 Å². The summed E-state index contributed by atoms with van der Waals surface area (Å²) in [4.78, 5) is 0. The molecule has 32 heavy (non-hydrogen) atoms. The van der Waals surface area contributed by atoms with Gasteiger partial charge in [-0.3, -0.25) is 4.18 Å². The van der Waals surface area contributed by atoms with Crippen LogP contribution in [0.2, 0.25) is 0 Å². The molecule has 10 heteroatoms. The minimum Gasteiger partial charge on any atom is -0.726 e. The molecule has 0 unspecified atom stereocenters. The Kier molecular flexibility index (Phi) is 7.86. The van der Waals surface area contributed by atoms with Gasteiger partial charge in [0.05, 0.1) is 30.0 Å². The normalized spacial score (nSPS) is 11.6. The van der Waals surface area contributed by atoms with Crippen molar-refractivity contribution in [3.05, 3.63) is 66.2 Å². The summed E-state index contributed by atoms with van der Waals surface area (Å²) in [6.07, 6.45) is 3.15. The van der Waals surface area contributed by atoms with Crippen molar-refractivity contribution in [2.75, 3.05) is 7.11 Å². The first-order valence-electron chi connectivity index (χ1n) is 9.88. The Labute approximate surface area is 191 Å². The molecule has 4 aromatic rings. The number of nitrogens with zero attached hydrogens (tertiary/aromatic N) is 4. The van der Waals surface area contributed by atoms with Crippen molar-refractivity contribution in [3.8, 4) is 11.3 Å². The number of fused-ring (bicyclic) bond motifs is 1. The van der Waals surface area contributed by atoms with Crippen LogP contribution >= 0.6 is 11.3 Å². The lowest BCUT2D eigenvalue weighted by atomic mass is 10.1. The largest absolute Gasteiger partial charge is 0.726 e. The van der Waals surface area contributed by atoms with Crippen LogP contribution in [0, 0.1) is 0 Å². The number of aromatic nitrogens is 2. The Bertz CT molecular complexity index is 1310. The Morgan fingerprint density at radius 2 is 1.75 bits per heavy atom. The van der Waals surface area contributed by atoms with Gasteiger partial charge in [-0.25, -0.2) is 13.0 Å². The van der Waals surface area contributed by atoms with Crippen LogP contribution in [0.5, 0.6) is 0 Å². The first kappa shape index (κ1) is 23.7. The average molecular weight is 473 g/mol. The molecule has 2 aromatic carbocycles. The summed E-state index contributed by atoms with van der Waals surface area (Å²) in [5.74, 6) is 0. The summed E-state index contributed by atoms with van der Waals surface area (Å²) in [7, 11) is -1.51. The zero-order valence-corrected chi connectivity index (χ0v) is 19.6. The molecule has 4 rings (SSSR count). The molecule has 0 spiro atoms. The van der Waals surface area contributed by atoms with E-state index in [0.29, 0.717) is 0 Å². The van der Waals surface area contributed by atoms with Crippen LogP contribution in [0.15, 0.2) is 76.4 Å². The Morgan fingerprint density at radius 3 is 2.41 bits per heavy atom. The van der Waals surface area contributed by atoms with Gasteiger partial charge in [0.25, 0.3) is 0 Å². The molecule has 0 N–H and O–H groups in total. The number of benzene rings is 2. The topological polar surface area (TPSA) is 100.0 Å². The molecule has 0 aliphatic heterocycles. The molecule has 0 fully saturated rings. The quantitative estimate of drug-likeness (QED) is 0.168. The van der Waals surface area contributed by atoms with E-state index in [1.165, 1.54) is 0 Å². The van der Waals surface area contributed by atoms with Crippen LogP contribution in [0.1, 0.15) is 13.3 Å². The summed E-state index contributed by atoms with van der Waals surface area (Å²) >= 11 is 1.62. The number of aryl methyl sites for hydroxylation is 2. The Hall–Kier alpha value is -2.92. The van der Waals surface area contributed by atoms with Gasteiger partial charge in [-0.15, -0.1) is 0 Å². The van der Waals surface area contributed by atoms with E-state index in [2.05, 4.69) is 92.5 Å². The van der Waals surface area contributed by atoms with Gasteiger partial charge in [-0.05, 0) is 28.9 Å². The number of hydrogen-bond acceptors (Lipinski definition) is 7. The highest BCUT2D eigenvalue weighted by molar-refractivity contribution is 7.80. The standard InChI is InChI=1S/C21H21N4S.CH4O4S/c1-3-13-25-14-15-26-21(25)23-22-19-17-11-7-8-12-18(17)24(2)20(19)16-9-5-4-6-10-16;1-5-6(2,3)4/h4-12,14-15H,3,13H2,1-2H3;1H3,(H,2,3,4)/q+1;/p-1. The lowest BCUT2D eigenvalue weighted by molar-refractivity contribution is -0.680. The van der Waals surface area contributed by atoms with Gasteiger partial charge in [0.1, 0.15) is 11.9 Å². The lowest BCUT2D eigenvalue weighted by Crippen LogP contribution is -2.30. The lowest BCUT2D eigenvalue weighted by Gasteiger charge is -2.04. The van der Waals surface area contributed by atoms with Gasteiger partial charge in [-0.2, -0.15) is 0 Å². The molecule has 2 aromatic heterocycles. The molecule has 0 bridgehead atoms. The molecular weight excluding hydrogens is 448 g/mol. The molecule has 0 saturated heterocycles. The summed E-state index contributed by atoms with van der Waals surface area (Å²) < 4.78 is 35.4. The highest BCUT2D eigenvalue weighted by atomic mass is 32.3. The maximum atomic E-state index is 9.22. The van der Waals surface area contributed by atoms with Crippen molar-refractivity contribution in [3.63, 3.8) is 0 Å². The van der Waals surface area contributed by atoms with Gasteiger partial charge >= 0.3 is 5.13 Å². The zero-order chi connectivity index (χ0) is 23.1. The van der Waals surface area contributed by atoms with Crippen LogP contribution in [-0.2, 0) is 28.2 Å². The van der Waals surface area contributed by atoms with Crippen molar-refractivity contribution < 1.29 is 21.7 Å². The van der Waals surface area contributed by atoms with Gasteiger partial charge < -0.3 is 9.12 Å². The van der Waals surface area contributed by atoms with Gasteiger partial charge in [0.2, 0.25) is 10.4 Å². The maximum Gasteiger partial charge on any atom is 0.408 e. The predicted octanol–water partition coefficient (Wildman–Crippen LogP) is 5.11. The zero-order valence-electron chi connectivity index (χ0n) is 18.0. The molecule has 0 amide bonds. The molecule has 0 aliphatic rings. The molecule has 0 aliphatic carbocycles. The SMILES string of the molecule is CCC[n+]1ccsc1N=Nc1c(-c2ccccc2)n(C)c2ccccc12.COS(=O)(=O)[O-]. The first-order valence-corrected chi connectivity index (χ1v) is 12.1. The Morgan fingerprint density at radius 1 is 1.09 bits per heavy atom. The second kappa shape index (κ2) is 10.6. The third-order valence-electron chi connectivity index (χ3n) is 4.69. The van der Waals surface area contributed by atoms with Crippen molar-refractivity contribution >= 4 is 43.5 Å². The van der Waals surface area contributed by atoms with Gasteiger partial charge in [-0.1, -0.05) is 55.5 Å². The number of rotatable bonds is 6.